The second-order valence-electron chi connectivity index (χ2n) is 6.90. The van der Waals surface area contributed by atoms with Crippen LogP contribution in [0.5, 0.6) is 0 Å². The summed E-state index contributed by atoms with van der Waals surface area (Å²) in [6, 6.07) is 21.6. The van der Waals surface area contributed by atoms with E-state index in [-0.39, 0.29) is 5.91 Å². The van der Waals surface area contributed by atoms with E-state index in [2.05, 4.69) is 6.92 Å². The molecule has 4 rings (SSSR count). The van der Waals surface area contributed by atoms with Gasteiger partial charge in [-0.3, -0.25) is 9.69 Å². The number of hydrogen-bond donors (Lipinski definition) is 0. The largest absolute Gasteiger partial charge is 0.279 e. The fourth-order valence-electron chi connectivity index (χ4n) is 3.27. The van der Waals surface area contributed by atoms with Gasteiger partial charge in [0, 0.05) is 15.5 Å². The van der Waals surface area contributed by atoms with Crippen LogP contribution in [-0.4, -0.2) is 16.6 Å². The van der Waals surface area contributed by atoms with Gasteiger partial charge in [0.1, 0.15) is 0 Å². The Morgan fingerprint density at radius 2 is 1.83 bits per heavy atom. The zero-order valence-electron chi connectivity index (χ0n) is 16.8. The van der Waals surface area contributed by atoms with Gasteiger partial charge in [0.15, 0.2) is 5.13 Å². The predicted molar refractivity (Wildman–Crippen MR) is 129 cm³/mol. The van der Waals surface area contributed by atoms with E-state index in [1.54, 1.807) is 16.7 Å². The minimum Gasteiger partial charge on any atom is -0.279 e. The second-order valence-corrected chi connectivity index (χ2v) is 9.68. The highest BCUT2D eigenvalue weighted by atomic mass is 35.5. The normalized spacial score (nSPS) is 11.0. The van der Waals surface area contributed by atoms with Crippen molar-refractivity contribution in [2.75, 3.05) is 10.7 Å². The highest BCUT2D eigenvalue weighted by molar-refractivity contribution is 7.99. The first-order chi connectivity index (χ1) is 14.5. The van der Waals surface area contributed by atoms with Crippen molar-refractivity contribution in [3.05, 3.63) is 88.4 Å². The van der Waals surface area contributed by atoms with Crippen LogP contribution in [0.4, 0.5) is 5.13 Å². The van der Waals surface area contributed by atoms with Gasteiger partial charge < -0.3 is 0 Å². The minimum atomic E-state index is -0.0605. The van der Waals surface area contributed by atoms with Crippen LogP contribution in [0.25, 0.3) is 10.2 Å². The number of aryl methyl sites for hydroxylation is 1. The molecule has 3 aromatic carbocycles. The number of rotatable bonds is 6. The topological polar surface area (TPSA) is 33.2 Å². The van der Waals surface area contributed by atoms with Gasteiger partial charge in [0.25, 0.3) is 5.91 Å². The van der Waals surface area contributed by atoms with Crippen molar-refractivity contribution in [3.63, 3.8) is 0 Å². The third-order valence-corrected chi connectivity index (χ3v) is 6.85. The van der Waals surface area contributed by atoms with Crippen molar-refractivity contribution in [1.29, 1.82) is 0 Å². The van der Waals surface area contributed by atoms with E-state index in [1.807, 2.05) is 73.7 Å². The molecule has 0 fully saturated rings. The highest BCUT2D eigenvalue weighted by Gasteiger charge is 2.22. The molecule has 0 aliphatic heterocycles. The third-order valence-electron chi connectivity index (χ3n) is 4.71. The standard InChI is InChI=1S/C24H21ClN2OS2/c1-3-29-20-11-9-18(10-12-20)23(28)27(15-17-7-5-4-6-8-17)24-26-22-16(2)13-19(25)14-21(22)30-24/h4-14H,3,15H2,1-2H3. The number of benzene rings is 3. The molecule has 152 valence electrons. The molecule has 30 heavy (non-hydrogen) atoms. The number of amides is 1. The van der Waals surface area contributed by atoms with E-state index in [9.17, 15) is 4.79 Å². The van der Waals surface area contributed by atoms with Gasteiger partial charge in [0.2, 0.25) is 0 Å². The number of fused-ring (bicyclic) bond motifs is 1. The number of halogens is 1. The lowest BCUT2D eigenvalue weighted by molar-refractivity contribution is 0.0985. The molecule has 6 heteroatoms. The molecule has 0 atom stereocenters. The van der Waals surface area contributed by atoms with Crippen molar-refractivity contribution in [1.82, 2.24) is 4.98 Å². The lowest BCUT2D eigenvalue weighted by atomic mass is 10.1. The number of anilines is 1. The van der Waals surface area contributed by atoms with Crippen LogP contribution in [0.3, 0.4) is 0 Å². The van der Waals surface area contributed by atoms with Gasteiger partial charge >= 0.3 is 0 Å². The smallest absolute Gasteiger partial charge is 0.260 e. The van der Waals surface area contributed by atoms with Crippen LogP contribution >= 0.6 is 34.7 Å². The van der Waals surface area contributed by atoms with E-state index in [1.165, 1.54) is 11.3 Å². The number of carbonyl (C=O) groups excluding carboxylic acids is 1. The molecule has 0 unspecified atom stereocenters. The molecule has 0 aliphatic carbocycles. The Morgan fingerprint density at radius 1 is 1.10 bits per heavy atom. The summed E-state index contributed by atoms with van der Waals surface area (Å²) < 4.78 is 0.982. The molecule has 1 aromatic heterocycles. The van der Waals surface area contributed by atoms with Crippen molar-refractivity contribution in [2.24, 2.45) is 0 Å². The number of carbonyl (C=O) groups is 1. The average molecular weight is 453 g/mol. The number of aromatic nitrogens is 1. The van der Waals surface area contributed by atoms with Crippen molar-refractivity contribution < 1.29 is 4.79 Å². The molecule has 0 saturated carbocycles. The summed E-state index contributed by atoms with van der Waals surface area (Å²) in [5.41, 5.74) is 3.60. The van der Waals surface area contributed by atoms with Gasteiger partial charge in [0.05, 0.1) is 16.8 Å². The zero-order chi connectivity index (χ0) is 21.1. The van der Waals surface area contributed by atoms with Crippen LogP contribution in [-0.2, 0) is 6.54 Å². The lowest BCUT2D eigenvalue weighted by Gasteiger charge is -2.20. The van der Waals surface area contributed by atoms with Gasteiger partial charge in [-0.05, 0) is 60.2 Å². The Bertz CT molecular complexity index is 1170. The van der Waals surface area contributed by atoms with Gasteiger partial charge in [-0.1, -0.05) is 60.2 Å². The van der Waals surface area contributed by atoms with Crippen LogP contribution in [0.15, 0.2) is 71.6 Å². The molecule has 1 amide bonds. The van der Waals surface area contributed by atoms with Crippen molar-refractivity contribution >= 4 is 56.0 Å². The van der Waals surface area contributed by atoms with E-state index < -0.39 is 0 Å². The zero-order valence-corrected chi connectivity index (χ0v) is 19.2. The number of nitrogens with zero attached hydrogens (tertiary/aromatic N) is 2. The molecular formula is C24H21ClN2OS2. The molecule has 0 spiro atoms. The van der Waals surface area contributed by atoms with Crippen LogP contribution in [0, 0.1) is 6.92 Å². The number of hydrogen-bond acceptors (Lipinski definition) is 4. The van der Waals surface area contributed by atoms with Crippen LogP contribution in [0.1, 0.15) is 28.4 Å². The summed E-state index contributed by atoms with van der Waals surface area (Å²) in [6.07, 6.45) is 0. The van der Waals surface area contributed by atoms with Crippen molar-refractivity contribution in [3.8, 4) is 0 Å². The summed E-state index contributed by atoms with van der Waals surface area (Å²) >= 11 is 9.49. The van der Waals surface area contributed by atoms with Crippen molar-refractivity contribution in [2.45, 2.75) is 25.3 Å². The second kappa shape index (κ2) is 9.21. The molecular weight excluding hydrogens is 432 g/mol. The van der Waals surface area contributed by atoms with E-state index >= 15 is 0 Å². The molecule has 0 bridgehead atoms. The molecule has 4 aromatic rings. The maximum atomic E-state index is 13.5. The molecule has 1 heterocycles. The maximum Gasteiger partial charge on any atom is 0.260 e. The Kier molecular flexibility index (Phi) is 6.42. The first-order valence-corrected chi connectivity index (χ1v) is 11.9. The van der Waals surface area contributed by atoms with Gasteiger partial charge in [-0.2, -0.15) is 0 Å². The summed E-state index contributed by atoms with van der Waals surface area (Å²) in [7, 11) is 0. The van der Waals surface area contributed by atoms with Gasteiger partial charge in [-0.15, -0.1) is 11.8 Å². The van der Waals surface area contributed by atoms with Crippen LogP contribution < -0.4 is 4.90 Å². The van der Waals surface area contributed by atoms with E-state index in [4.69, 9.17) is 16.6 Å². The molecule has 0 radical (unpaired) electrons. The minimum absolute atomic E-state index is 0.0605. The summed E-state index contributed by atoms with van der Waals surface area (Å²) in [6.45, 7) is 4.57. The monoisotopic (exact) mass is 452 g/mol. The average Bonchev–Trinajstić information content (AvgIpc) is 3.17. The third kappa shape index (κ3) is 4.53. The first kappa shape index (κ1) is 20.9. The van der Waals surface area contributed by atoms with E-state index in [0.29, 0.717) is 22.3 Å². The quantitative estimate of drug-likeness (QED) is 0.289. The lowest BCUT2D eigenvalue weighted by Crippen LogP contribution is -2.30. The fraction of sp³-hybridized carbons (Fsp3) is 0.167. The number of thioether (sulfide) groups is 1. The van der Waals surface area contributed by atoms with Crippen LogP contribution in [0.2, 0.25) is 5.02 Å². The summed E-state index contributed by atoms with van der Waals surface area (Å²) in [4.78, 5) is 21.2. The maximum absolute atomic E-state index is 13.5. The summed E-state index contributed by atoms with van der Waals surface area (Å²) in [5, 5.41) is 1.36. The Hall–Kier alpha value is -2.34. The summed E-state index contributed by atoms with van der Waals surface area (Å²) in [5.74, 6) is 0.941. The van der Waals surface area contributed by atoms with E-state index in [0.717, 1.165) is 32.0 Å². The molecule has 0 N–H and O–H groups in total. The number of thiazole rings is 1. The Morgan fingerprint density at radius 3 is 2.53 bits per heavy atom. The SMILES string of the molecule is CCSc1ccc(C(=O)N(Cc2ccccc2)c2nc3c(C)cc(Cl)cc3s2)cc1. The van der Waals surface area contributed by atoms with Gasteiger partial charge in [-0.25, -0.2) is 4.98 Å². The molecule has 0 saturated heterocycles. The predicted octanol–water partition coefficient (Wildman–Crippen LogP) is 7.22. The fourth-order valence-corrected chi connectivity index (χ4v) is 5.35. The Balaban J connectivity index is 1.74. The molecule has 0 aliphatic rings. The molecule has 3 nitrogen and oxygen atoms in total. The Labute approximate surface area is 189 Å². The highest BCUT2D eigenvalue weighted by Crippen LogP contribution is 2.34. The first-order valence-electron chi connectivity index (χ1n) is 9.70.